The summed E-state index contributed by atoms with van der Waals surface area (Å²) >= 11 is 0. The van der Waals surface area contributed by atoms with Gasteiger partial charge < -0.3 is 10.5 Å². The predicted octanol–water partition coefficient (Wildman–Crippen LogP) is 3.34. The lowest BCUT2D eigenvalue weighted by Crippen LogP contribution is -2.23. The Kier molecular flexibility index (Phi) is 4.71. The molecule has 0 saturated carbocycles. The molecule has 1 saturated heterocycles. The third-order valence-electron chi connectivity index (χ3n) is 4.06. The molecule has 1 aromatic carbocycles. The summed E-state index contributed by atoms with van der Waals surface area (Å²) in [7, 11) is 0. The summed E-state index contributed by atoms with van der Waals surface area (Å²) in [4.78, 5) is 2.52. The van der Waals surface area contributed by atoms with Crippen molar-refractivity contribution in [2.75, 3.05) is 19.7 Å². The van der Waals surface area contributed by atoms with Crippen LogP contribution in [-0.2, 0) is 6.54 Å². The molecule has 0 radical (unpaired) electrons. The summed E-state index contributed by atoms with van der Waals surface area (Å²) in [6, 6.07) is 6.42. The molecule has 1 fully saturated rings. The van der Waals surface area contributed by atoms with Crippen LogP contribution in [0.5, 0.6) is 5.75 Å². The average Bonchev–Trinajstić information content (AvgIpc) is 2.71. The quantitative estimate of drug-likeness (QED) is 0.896. The van der Waals surface area contributed by atoms with Gasteiger partial charge in [0, 0.05) is 24.7 Å². The van der Waals surface area contributed by atoms with Crippen molar-refractivity contribution in [3.05, 3.63) is 29.3 Å². The molecule has 3 heteroatoms. The van der Waals surface area contributed by atoms with Crippen molar-refractivity contribution in [3.63, 3.8) is 0 Å². The number of benzene rings is 1. The number of nitrogens with two attached hydrogens (primary N) is 1. The Balaban J connectivity index is 2.17. The summed E-state index contributed by atoms with van der Waals surface area (Å²) in [5.74, 6) is 1.00. The van der Waals surface area contributed by atoms with Gasteiger partial charge >= 0.3 is 0 Å². The van der Waals surface area contributed by atoms with Crippen molar-refractivity contribution in [3.8, 4) is 5.75 Å². The lowest BCUT2D eigenvalue weighted by molar-refractivity contribution is 0.274. The van der Waals surface area contributed by atoms with Gasteiger partial charge in [0.2, 0.25) is 0 Å². The highest BCUT2D eigenvalue weighted by atomic mass is 16.5. The Labute approximate surface area is 123 Å². The van der Waals surface area contributed by atoms with Crippen LogP contribution in [0, 0.1) is 5.41 Å². The number of nitrogens with zero attached hydrogens (tertiary/aromatic N) is 1. The van der Waals surface area contributed by atoms with Crippen molar-refractivity contribution >= 4 is 0 Å². The molecule has 2 rings (SSSR count). The third kappa shape index (κ3) is 3.74. The predicted molar refractivity (Wildman–Crippen MR) is 83.9 cm³/mol. The maximum absolute atomic E-state index is 6.00. The van der Waals surface area contributed by atoms with Crippen LogP contribution in [0.4, 0.5) is 0 Å². The Morgan fingerprint density at radius 2 is 2.15 bits per heavy atom. The van der Waals surface area contributed by atoms with E-state index in [-0.39, 0.29) is 6.04 Å². The van der Waals surface area contributed by atoms with E-state index < -0.39 is 0 Å². The summed E-state index contributed by atoms with van der Waals surface area (Å²) in [6.07, 6.45) is 1.27. The molecule has 112 valence electrons. The standard InChI is InChI=1S/C17H28N2O/c1-5-20-16-7-6-14(13(2)18)10-15(16)11-19-9-8-17(3,4)12-19/h6-7,10,13H,5,8-9,11-12,18H2,1-4H3. The lowest BCUT2D eigenvalue weighted by Gasteiger charge is -2.22. The first-order valence-corrected chi connectivity index (χ1v) is 7.65. The fourth-order valence-electron chi connectivity index (χ4n) is 2.90. The minimum atomic E-state index is 0.0689. The maximum atomic E-state index is 6.00. The number of rotatable bonds is 5. The van der Waals surface area contributed by atoms with Crippen molar-refractivity contribution in [1.29, 1.82) is 0 Å². The summed E-state index contributed by atoms with van der Waals surface area (Å²) in [6.45, 7) is 12.7. The van der Waals surface area contributed by atoms with E-state index >= 15 is 0 Å². The number of hydrogen-bond donors (Lipinski definition) is 1. The first-order chi connectivity index (χ1) is 9.41. The second kappa shape index (κ2) is 6.15. The van der Waals surface area contributed by atoms with E-state index in [1.54, 1.807) is 0 Å². The fraction of sp³-hybridized carbons (Fsp3) is 0.647. The molecule has 1 unspecified atom stereocenters. The first-order valence-electron chi connectivity index (χ1n) is 7.65. The Bertz CT molecular complexity index is 454. The van der Waals surface area contributed by atoms with Crippen LogP contribution in [-0.4, -0.2) is 24.6 Å². The van der Waals surface area contributed by atoms with Gasteiger partial charge in [-0.15, -0.1) is 0 Å². The van der Waals surface area contributed by atoms with Crippen LogP contribution >= 0.6 is 0 Å². The summed E-state index contributed by atoms with van der Waals surface area (Å²) in [5, 5.41) is 0. The fourth-order valence-corrected chi connectivity index (χ4v) is 2.90. The molecule has 3 nitrogen and oxygen atoms in total. The van der Waals surface area contributed by atoms with Gasteiger partial charge in [0.25, 0.3) is 0 Å². The zero-order valence-corrected chi connectivity index (χ0v) is 13.3. The number of likely N-dealkylation sites (tertiary alicyclic amines) is 1. The molecule has 0 aromatic heterocycles. The largest absolute Gasteiger partial charge is 0.494 e. The van der Waals surface area contributed by atoms with Crippen molar-refractivity contribution in [2.24, 2.45) is 11.1 Å². The average molecular weight is 276 g/mol. The van der Waals surface area contributed by atoms with Gasteiger partial charge in [0.05, 0.1) is 6.61 Å². The molecular weight excluding hydrogens is 248 g/mol. The minimum Gasteiger partial charge on any atom is -0.494 e. The van der Waals surface area contributed by atoms with Gasteiger partial charge in [-0.2, -0.15) is 0 Å². The normalized spacial score (nSPS) is 20.1. The summed E-state index contributed by atoms with van der Waals surface area (Å²) < 4.78 is 5.77. The molecule has 1 aliphatic rings. The zero-order valence-electron chi connectivity index (χ0n) is 13.3. The third-order valence-corrected chi connectivity index (χ3v) is 4.06. The molecule has 1 atom stereocenters. The minimum absolute atomic E-state index is 0.0689. The monoisotopic (exact) mass is 276 g/mol. The van der Waals surface area contributed by atoms with Crippen LogP contribution in [0.2, 0.25) is 0 Å². The van der Waals surface area contributed by atoms with E-state index in [9.17, 15) is 0 Å². The van der Waals surface area contributed by atoms with E-state index in [1.165, 1.54) is 24.1 Å². The van der Waals surface area contributed by atoms with Crippen LogP contribution in [0.3, 0.4) is 0 Å². The second-order valence-electron chi connectivity index (χ2n) is 6.71. The zero-order chi connectivity index (χ0) is 14.8. The molecule has 1 heterocycles. The van der Waals surface area contributed by atoms with Crippen molar-refractivity contribution in [1.82, 2.24) is 4.90 Å². The van der Waals surface area contributed by atoms with E-state index in [0.717, 1.165) is 18.8 Å². The van der Waals surface area contributed by atoms with Gasteiger partial charge in [-0.1, -0.05) is 19.9 Å². The van der Waals surface area contributed by atoms with E-state index in [1.807, 2.05) is 13.8 Å². The smallest absolute Gasteiger partial charge is 0.123 e. The molecule has 0 bridgehead atoms. The van der Waals surface area contributed by atoms with E-state index in [4.69, 9.17) is 10.5 Å². The molecule has 0 amide bonds. The van der Waals surface area contributed by atoms with Gasteiger partial charge in [-0.3, -0.25) is 4.90 Å². The summed E-state index contributed by atoms with van der Waals surface area (Å²) in [5.41, 5.74) is 8.88. The van der Waals surface area contributed by atoms with Crippen LogP contribution in [0.1, 0.15) is 51.3 Å². The van der Waals surface area contributed by atoms with Crippen LogP contribution < -0.4 is 10.5 Å². The molecular formula is C17H28N2O. The van der Waals surface area contributed by atoms with Crippen LogP contribution in [0.25, 0.3) is 0 Å². The lowest BCUT2D eigenvalue weighted by atomic mass is 9.93. The number of hydrogen-bond acceptors (Lipinski definition) is 3. The molecule has 0 aliphatic carbocycles. The Hall–Kier alpha value is -1.06. The van der Waals surface area contributed by atoms with Gasteiger partial charge in [-0.25, -0.2) is 0 Å². The Morgan fingerprint density at radius 1 is 1.40 bits per heavy atom. The van der Waals surface area contributed by atoms with E-state index in [2.05, 4.69) is 36.9 Å². The molecule has 1 aromatic rings. The van der Waals surface area contributed by atoms with Gasteiger partial charge in [0.15, 0.2) is 0 Å². The van der Waals surface area contributed by atoms with Crippen molar-refractivity contribution < 1.29 is 4.74 Å². The topological polar surface area (TPSA) is 38.5 Å². The highest BCUT2D eigenvalue weighted by molar-refractivity contribution is 5.38. The molecule has 1 aliphatic heterocycles. The van der Waals surface area contributed by atoms with Crippen molar-refractivity contribution in [2.45, 2.75) is 46.7 Å². The Morgan fingerprint density at radius 3 is 2.70 bits per heavy atom. The van der Waals surface area contributed by atoms with Crippen LogP contribution in [0.15, 0.2) is 18.2 Å². The highest BCUT2D eigenvalue weighted by Gasteiger charge is 2.29. The van der Waals surface area contributed by atoms with E-state index in [0.29, 0.717) is 12.0 Å². The van der Waals surface area contributed by atoms with Gasteiger partial charge in [0.1, 0.15) is 5.75 Å². The maximum Gasteiger partial charge on any atom is 0.123 e. The number of ether oxygens (including phenoxy) is 1. The molecule has 0 spiro atoms. The molecule has 20 heavy (non-hydrogen) atoms. The van der Waals surface area contributed by atoms with Gasteiger partial charge in [-0.05, 0) is 49.9 Å². The first kappa shape index (κ1) is 15.3. The molecule has 2 N–H and O–H groups in total. The SMILES string of the molecule is CCOc1ccc(C(C)N)cc1CN1CCC(C)(C)C1. The second-order valence-corrected chi connectivity index (χ2v) is 6.71. The highest BCUT2D eigenvalue weighted by Crippen LogP contribution is 2.32.